The maximum atomic E-state index is 13.8. The zero-order valence-corrected chi connectivity index (χ0v) is 12.3. The van der Waals surface area contributed by atoms with Crippen LogP contribution in [-0.2, 0) is 0 Å². The summed E-state index contributed by atoms with van der Waals surface area (Å²) in [6, 6.07) is 4.55. The highest BCUT2D eigenvalue weighted by molar-refractivity contribution is 5.94. The summed E-state index contributed by atoms with van der Waals surface area (Å²) in [6.07, 6.45) is 8.79. The van der Waals surface area contributed by atoms with Gasteiger partial charge in [-0.05, 0) is 43.2 Å². The first-order valence-electron chi connectivity index (χ1n) is 7.88. The second kappa shape index (κ2) is 5.66. The van der Waals surface area contributed by atoms with Gasteiger partial charge in [0.15, 0.2) is 0 Å². The number of piperidine rings is 1. The molecule has 1 aromatic carbocycles. The Morgan fingerprint density at radius 1 is 1.10 bits per heavy atom. The molecule has 2 aliphatic rings. The van der Waals surface area contributed by atoms with Crippen molar-refractivity contribution in [2.24, 2.45) is 5.41 Å². The number of hydrogen-bond donors (Lipinski definition) is 1. The fourth-order valence-corrected chi connectivity index (χ4v) is 4.01. The van der Waals surface area contributed by atoms with Crippen molar-refractivity contribution in [2.75, 3.05) is 18.0 Å². The third-order valence-electron chi connectivity index (χ3n) is 5.28. The largest absolute Gasteiger partial charge is 0.478 e. The lowest BCUT2D eigenvalue weighted by Crippen LogP contribution is -2.41. The van der Waals surface area contributed by atoms with E-state index < -0.39 is 11.8 Å². The van der Waals surface area contributed by atoms with Crippen molar-refractivity contribution in [1.29, 1.82) is 0 Å². The van der Waals surface area contributed by atoms with Crippen LogP contribution in [0.3, 0.4) is 0 Å². The second-order valence-corrected chi connectivity index (χ2v) is 6.49. The van der Waals surface area contributed by atoms with Crippen LogP contribution < -0.4 is 4.90 Å². The van der Waals surface area contributed by atoms with Crippen LogP contribution >= 0.6 is 0 Å². The van der Waals surface area contributed by atoms with Gasteiger partial charge in [-0.1, -0.05) is 25.3 Å². The number of anilines is 1. The van der Waals surface area contributed by atoms with Crippen molar-refractivity contribution in [2.45, 2.75) is 44.9 Å². The highest BCUT2D eigenvalue weighted by Gasteiger charge is 2.36. The van der Waals surface area contributed by atoms with E-state index in [1.165, 1.54) is 38.2 Å². The highest BCUT2D eigenvalue weighted by Crippen LogP contribution is 2.45. The number of nitrogens with zero attached hydrogens (tertiary/aromatic N) is 1. The number of aromatic carboxylic acids is 1. The van der Waals surface area contributed by atoms with Gasteiger partial charge in [0, 0.05) is 13.1 Å². The van der Waals surface area contributed by atoms with E-state index >= 15 is 0 Å². The molecule has 1 spiro atoms. The SMILES string of the molecule is O=C(O)c1c(F)cccc1N1CCC2(CCCCC2)CC1. The smallest absolute Gasteiger partial charge is 0.340 e. The lowest BCUT2D eigenvalue weighted by molar-refractivity contribution is 0.0692. The molecule has 114 valence electrons. The van der Waals surface area contributed by atoms with E-state index in [9.17, 15) is 14.3 Å². The van der Waals surface area contributed by atoms with Crippen LogP contribution in [0.25, 0.3) is 0 Å². The van der Waals surface area contributed by atoms with Gasteiger partial charge in [-0.3, -0.25) is 0 Å². The summed E-state index contributed by atoms with van der Waals surface area (Å²) < 4.78 is 13.8. The van der Waals surface area contributed by atoms with Gasteiger partial charge >= 0.3 is 5.97 Å². The topological polar surface area (TPSA) is 40.5 Å². The molecule has 0 aromatic heterocycles. The summed E-state index contributed by atoms with van der Waals surface area (Å²) in [5.41, 5.74) is 0.816. The molecule has 1 saturated heterocycles. The number of carbonyl (C=O) groups is 1. The highest BCUT2D eigenvalue weighted by atomic mass is 19.1. The quantitative estimate of drug-likeness (QED) is 0.892. The lowest BCUT2D eigenvalue weighted by Gasteiger charge is -2.45. The predicted octanol–water partition coefficient (Wildman–Crippen LogP) is 4.07. The molecule has 2 fully saturated rings. The van der Waals surface area contributed by atoms with Crippen LogP contribution in [0.1, 0.15) is 55.3 Å². The van der Waals surface area contributed by atoms with Gasteiger partial charge in [0.25, 0.3) is 0 Å². The van der Waals surface area contributed by atoms with Gasteiger partial charge in [0.05, 0.1) is 5.69 Å². The molecule has 0 amide bonds. The summed E-state index contributed by atoms with van der Waals surface area (Å²) in [6.45, 7) is 1.67. The van der Waals surface area contributed by atoms with E-state index in [1.54, 1.807) is 12.1 Å². The van der Waals surface area contributed by atoms with E-state index in [-0.39, 0.29) is 5.56 Å². The Hall–Kier alpha value is -1.58. The summed E-state index contributed by atoms with van der Waals surface area (Å²) in [4.78, 5) is 13.4. The van der Waals surface area contributed by atoms with Gasteiger partial charge < -0.3 is 10.0 Å². The van der Waals surface area contributed by atoms with Crippen molar-refractivity contribution in [1.82, 2.24) is 0 Å². The van der Waals surface area contributed by atoms with Gasteiger partial charge in [0.1, 0.15) is 11.4 Å². The zero-order valence-electron chi connectivity index (χ0n) is 12.3. The van der Waals surface area contributed by atoms with Crippen molar-refractivity contribution < 1.29 is 14.3 Å². The standard InChI is InChI=1S/C17H22FNO2/c18-13-5-4-6-14(15(13)16(20)21)19-11-9-17(10-12-19)7-2-1-3-8-17/h4-6H,1-3,7-12H2,(H,20,21). The van der Waals surface area contributed by atoms with Gasteiger partial charge in [-0.2, -0.15) is 0 Å². The molecule has 0 unspecified atom stereocenters. The average Bonchev–Trinajstić information content (AvgIpc) is 2.48. The molecule has 1 aliphatic carbocycles. The van der Waals surface area contributed by atoms with Crippen molar-refractivity contribution in [3.8, 4) is 0 Å². The first-order valence-corrected chi connectivity index (χ1v) is 7.88. The minimum atomic E-state index is -1.18. The monoisotopic (exact) mass is 291 g/mol. The molecule has 0 radical (unpaired) electrons. The summed E-state index contributed by atoms with van der Waals surface area (Å²) in [7, 11) is 0. The summed E-state index contributed by atoms with van der Waals surface area (Å²) in [5, 5.41) is 9.25. The van der Waals surface area contributed by atoms with E-state index in [2.05, 4.69) is 0 Å². The fourth-order valence-electron chi connectivity index (χ4n) is 4.01. The molecule has 1 aliphatic heterocycles. The minimum Gasteiger partial charge on any atom is -0.478 e. The van der Waals surface area contributed by atoms with Gasteiger partial charge in [-0.25, -0.2) is 9.18 Å². The Morgan fingerprint density at radius 3 is 2.38 bits per heavy atom. The molecular weight excluding hydrogens is 269 g/mol. The van der Waals surface area contributed by atoms with Crippen molar-refractivity contribution >= 4 is 11.7 Å². The lowest BCUT2D eigenvalue weighted by atomic mass is 9.68. The van der Waals surface area contributed by atoms with Crippen LogP contribution in [0.15, 0.2) is 18.2 Å². The van der Waals surface area contributed by atoms with Crippen LogP contribution in [0.5, 0.6) is 0 Å². The number of carboxylic acid groups (broad SMARTS) is 1. The predicted molar refractivity (Wildman–Crippen MR) is 80.3 cm³/mol. The fraction of sp³-hybridized carbons (Fsp3) is 0.588. The average molecular weight is 291 g/mol. The molecule has 0 atom stereocenters. The first kappa shape index (κ1) is 14.4. The van der Waals surface area contributed by atoms with Gasteiger partial charge in [-0.15, -0.1) is 0 Å². The Bertz CT molecular complexity index is 528. The number of benzene rings is 1. The minimum absolute atomic E-state index is 0.183. The molecule has 1 N–H and O–H groups in total. The summed E-state index contributed by atoms with van der Waals surface area (Å²) in [5.74, 6) is -1.82. The molecule has 0 bridgehead atoms. The molecule has 1 saturated carbocycles. The van der Waals surface area contributed by atoms with Crippen LogP contribution in [0, 0.1) is 11.2 Å². The molecular formula is C17H22FNO2. The Balaban J connectivity index is 1.78. The molecule has 4 heteroatoms. The van der Waals surface area contributed by atoms with Crippen molar-refractivity contribution in [3.63, 3.8) is 0 Å². The second-order valence-electron chi connectivity index (χ2n) is 6.49. The third kappa shape index (κ3) is 2.76. The number of hydrogen-bond acceptors (Lipinski definition) is 2. The van der Waals surface area contributed by atoms with E-state index in [0.717, 1.165) is 25.9 Å². The normalized spacial score (nSPS) is 21.5. The van der Waals surface area contributed by atoms with Crippen LogP contribution in [-0.4, -0.2) is 24.2 Å². The van der Waals surface area contributed by atoms with E-state index in [4.69, 9.17) is 0 Å². The number of rotatable bonds is 2. The molecule has 3 rings (SSSR count). The maximum absolute atomic E-state index is 13.8. The van der Waals surface area contributed by atoms with Crippen LogP contribution in [0.4, 0.5) is 10.1 Å². The Morgan fingerprint density at radius 2 is 1.76 bits per heavy atom. The number of carboxylic acids is 1. The molecule has 1 heterocycles. The summed E-state index contributed by atoms with van der Waals surface area (Å²) >= 11 is 0. The van der Waals surface area contributed by atoms with Crippen LogP contribution in [0.2, 0.25) is 0 Å². The molecule has 21 heavy (non-hydrogen) atoms. The Labute approximate surface area is 124 Å². The third-order valence-corrected chi connectivity index (χ3v) is 5.28. The van der Waals surface area contributed by atoms with E-state index in [1.807, 2.05) is 4.90 Å². The van der Waals surface area contributed by atoms with Crippen molar-refractivity contribution in [3.05, 3.63) is 29.6 Å². The maximum Gasteiger partial charge on any atom is 0.340 e. The molecule has 1 aromatic rings. The first-order chi connectivity index (χ1) is 10.1. The number of halogens is 1. The zero-order chi connectivity index (χ0) is 14.9. The molecule has 3 nitrogen and oxygen atoms in total. The Kier molecular flexibility index (Phi) is 3.87. The van der Waals surface area contributed by atoms with E-state index in [0.29, 0.717) is 11.1 Å². The van der Waals surface area contributed by atoms with Gasteiger partial charge in [0.2, 0.25) is 0 Å².